The molecule has 6 N–H and O–H groups in total. The third-order valence-corrected chi connectivity index (χ3v) is 5.29. The molecule has 0 spiro atoms. The Labute approximate surface area is 172 Å². The zero-order valence-electron chi connectivity index (χ0n) is 16.6. The molecule has 7 nitrogen and oxygen atoms in total. The summed E-state index contributed by atoms with van der Waals surface area (Å²) in [4.78, 5) is 14.7. The second kappa shape index (κ2) is 8.17. The minimum atomic E-state index is -0.716. The molecule has 2 aromatic rings. The predicted octanol–water partition coefficient (Wildman–Crippen LogP) is 2.91. The van der Waals surface area contributed by atoms with Gasteiger partial charge in [-0.2, -0.15) is 0 Å². The predicted molar refractivity (Wildman–Crippen MR) is 110 cm³/mol. The van der Waals surface area contributed by atoms with Crippen LogP contribution in [0.4, 0.5) is 8.78 Å². The van der Waals surface area contributed by atoms with Crippen molar-refractivity contribution in [3.8, 4) is 11.3 Å². The molecule has 1 aromatic carbocycles. The highest BCUT2D eigenvalue weighted by molar-refractivity contribution is 6.11. The number of primary amides is 1. The topological polar surface area (TPSA) is 135 Å². The lowest BCUT2D eigenvalue weighted by atomic mass is 10.1. The highest BCUT2D eigenvalue weighted by atomic mass is 19.1. The van der Waals surface area contributed by atoms with Gasteiger partial charge >= 0.3 is 0 Å². The Morgan fingerprint density at radius 3 is 2.47 bits per heavy atom. The highest BCUT2D eigenvalue weighted by Crippen LogP contribution is 2.44. The number of rotatable bonds is 5. The molecule has 4 rings (SSSR count). The van der Waals surface area contributed by atoms with Crippen molar-refractivity contribution < 1.29 is 13.6 Å². The number of benzene rings is 1. The Morgan fingerprint density at radius 2 is 1.93 bits per heavy atom. The lowest BCUT2D eigenvalue weighted by Crippen LogP contribution is -2.21. The number of halogens is 2. The summed E-state index contributed by atoms with van der Waals surface area (Å²) >= 11 is 0. The number of amidine groups is 1. The largest absolute Gasteiger partial charge is 0.384 e. The van der Waals surface area contributed by atoms with Gasteiger partial charge in [-0.1, -0.05) is 6.92 Å². The molecule has 158 valence electrons. The number of fused-ring (bicyclic) bond motifs is 1. The first-order chi connectivity index (χ1) is 14.1. The van der Waals surface area contributed by atoms with Gasteiger partial charge in [0.1, 0.15) is 29.0 Å². The SMILES string of the molecule is CC1(C(N)=O)CC1.N=C(N)/C=C\C(=N)c1c(-c2ccc(F)cc2F)nc2n1CCC2. The molecule has 1 saturated carbocycles. The lowest BCUT2D eigenvalue weighted by molar-refractivity contribution is -0.122. The first kappa shape index (κ1) is 21.4. The molecule has 1 aliphatic carbocycles. The van der Waals surface area contributed by atoms with Crippen LogP contribution in [0, 0.1) is 27.9 Å². The molecular formula is C21H24F2N6O. The Kier molecular flexibility index (Phi) is 5.82. The van der Waals surface area contributed by atoms with Gasteiger partial charge in [0.15, 0.2) is 0 Å². The fourth-order valence-corrected chi connectivity index (χ4v) is 3.15. The van der Waals surface area contributed by atoms with Gasteiger partial charge < -0.3 is 16.0 Å². The van der Waals surface area contributed by atoms with Crippen LogP contribution in [-0.4, -0.2) is 27.0 Å². The van der Waals surface area contributed by atoms with Crippen molar-refractivity contribution in [1.82, 2.24) is 9.55 Å². The normalized spacial score (nSPS) is 16.0. The summed E-state index contributed by atoms with van der Waals surface area (Å²) in [7, 11) is 0. The molecule has 1 aromatic heterocycles. The molecule has 0 unspecified atom stereocenters. The van der Waals surface area contributed by atoms with Crippen LogP contribution < -0.4 is 11.5 Å². The maximum absolute atomic E-state index is 14.1. The van der Waals surface area contributed by atoms with Crippen molar-refractivity contribution in [2.24, 2.45) is 16.9 Å². The quantitative estimate of drug-likeness (QED) is 0.442. The third-order valence-electron chi connectivity index (χ3n) is 5.29. The minimum Gasteiger partial charge on any atom is -0.384 e. The molecule has 1 aliphatic heterocycles. The average Bonchev–Trinajstić information content (AvgIpc) is 3.11. The molecule has 0 saturated heterocycles. The summed E-state index contributed by atoms with van der Waals surface area (Å²) in [5, 5.41) is 15.4. The first-order valence-corrected chi connectivity index (χ1v) is 9.58. The van der Waals surface area contributed by atoms with Crippen LogP contribution in [0.2, 0.25) is 0 Å². The van der Waals surface area contributed by atoms with Crippen molar-refractivity contribution >= 4 is 17.5 Å². The van der Waals surface area contributed by atoms with E-state index in [1.54, 1.807) is 0 Å². The smallest absolute Gasteiger partial charge is 0.223 e. The van der Waals surface area contributed by atoms with E-state index < -0.39 is 11.6 Å². The summed E-state index contributed by atoms with van der Waals surface area (Å²) in [6.45, 7) is 2.59. The maximum atomic E-state index is 14.1. The number of aryl methyl sites for hydroxylation is 1. The minimum absolute atomic E-state index is 0.0829. The van der Waals surface area contributed by atoms with Crippen molar-refractivity contribution in [2.75, 3.05) is 0 Å². The van der Waals surface area contributed by atoms with Gasteiger partial charge in [-0.3, -0.25) is 15.6 Å². The third kappa shape index (κ3) is 4.45. The van der Waals surface area contributed by atoms with Gasteiger partial charge in [0.2, 0.25) is 5.91 Å². The van der Waals surface area contributed by atoms with Gasteiger partial charge in [-0.15, -0.1) is 0 Å². The number of allylic oxidation sites excluding steroid dienone is 1. The van der Waals surface area contributed by atoms with E-state index in [4.69, 9.17) is 22.3 Å². The monoisotopic (exact) mass is 414 g/mol. The molecule has 0 atom stereocenters. The summed E-state index contributed by atoms with van der Waals surface area (Å²) in [5.74, 6) is -0.921. The van der Waals surface area contributed by atoms with E-state index in [0.29, 0.717) is 17.9 Å². The van der Waals surface area contributed by atoms with E-state index in [1.807, 2.05) is 11.5 Å². The number of carbonyl (C=O) groups excluding carboxylic acids is 1. The van der Waals surface area contributed by atoms with Crippen molar-refractivity contribution in [1.29, 1.82) is 10.8 Å². The summed E-state index contributed by atoms with van der Waals surface area (Å²) < 4.78 is 29.1. The van der Waals surface area contributed by atoms with Crippen LogP contribution in [0.5, 0.6) is 0 Å². The van der Waals surface area contributed by atoms with Gasteiger partial charge in [-0.05, 0) is 43.5 Å². The number of amides is 1. The number of carbonyl (C=O) groups is 1. The van der Waals surface area contributed by atoms with Crippen molar-refractivity contribution in [3.05, 3.63) is 53.5 Å². The van der Waals surface area contributed by atoms with Gasteiger partial charge in [0.05, 0.1) is 11.4 Å². The van der Waals surface area contributed by atoms with Crippen LogP contribution in [0.25, 0.3) is 11.3 Å². The molecule has 0 radical (unpaired) electrons. The molecule has 2 aliphatic rings. The average molecular weight is 414 g/mol. The standard InChI is InChI=1S/C16H15F2N5.C5H9NO/c17-9-3-4-10(11(18)8-9)15-16(12(19)5-6-13(20)21)23-7-1-2-14(23)22-15;1-5(2-3-5)4(6)7/h3-6,8,19H,1-2,7H2,(H3,20,21);2-3H2,1H3,(H2,6,7)/b6-5-,19-12?;. The number of aromatic nitrogens is 2. The van der Waals surface area contributed by atoms with E-state index >= 15 is 0 Å². The van der Waals surface area contributed by atoms with Gasteiger partial charge in [-0.25, -0.2) is 13.8 Å². The number of hydrogen-bond acceptors (Lipinski definition) is 4. The summed E-state index contributed by atoms with van der Waals surface area (Å²) in [6, 6.07) is 3.30. The highest BCUT2D eigenvalue weighted by Gasteiger charge is 2.43. The molecule has 1 amide bonds. The fraction of sp³-hybridized carbons (Fsp3) is 0.333. The zero-order valence-corrected chi connectivity index (χ0v) is 16.6. The first-order valence-electron chi connectivity index (χ1n) is 9.58. The molecule has 0 bridgehead atoms. The fourth-order valence-electron chi connectivity index (χ4n) is 3.15. The number of imidazole rings is 1. The van der Waals surface area contributed by atoms with E-state index in [9.17, 15) is 13.6 Å². The van der Waals surface area contributed by atoms with E-state index in [0.717, 1.165) is 37.6 Å². The van der Waals surface area contributed by atoms with Crippen LogP contribution >= 0.6 is 0 Å². The number of nitrogens with two attached hydrogens (primary N) is 2. The number of hydrogen-bond donors (Lipinski definition) is 4. The van der Waals surface area contributed by atoms with E-state index in [2.05, 4.69) is 4.98 Å². The summed E-state index contributed by atoms with van der Waals surface area (Å²) in [6.07, 6.45) is 6.31. The van der Waals surface area contributed by atoms with Crippen LogP contribution in [0.15, 0.2) is 30.4 Å². The van der Waals surface area contributed by atoms with Crippen molar-refractivity contribution in [2.45, 2.75) is 39.2 Å². The summed E-state index contributed by atoms with van der Waals surface area (Å²) in [5.41, 5.74) is 11.2. The van der Waals surface area contributed by atoms with Crippen LogP contribution in [0.3, 0.4) is 0 Å². The number of nitrogens with zero attached hydrogens (tertiary/aromatic N) is 2. The Hall–Kier alpha value is -3.36. The van der Waals surface area contributed by atoms with Crippen molar-refractivity contribution in [3.63, 3.8) is 0 Å². The van der Waals surface area contributed by atoms with Crippen LogP contribution in [-0.2, 0) is 17.8 Å². The molecule has 1 fully saturated rings. The van der Waals surface area contributed by atoms with Gasteiger partial charge in [0.25, 0.3) is 0 Å². The maximum Gasteiger partial charge on any atom is 0.223 e. The molecule has 2 heterocycles. The Bertz CT molecular complexity index is 1050. The van der Waals surface area contributed by atoms with E-state index in [1.165, 1.54) is 24.3 Å². The Balaban J connectivity index is 0.000000310. The zero-order chi connectivity index (χ0) is 22.1. The number of nitrogens with one attached hydrogen (secondary N) is 2. The second-order valence-electron chi connectivity index (χ2n) is 7.73. The molecule has 30 heavy (non-hydrogen) atoms. The van der Waals surface area contributed by atoms with Crippen LogP contribution in [0.1, 0.15) is 37.7 Å². The molecule has 9 heteroatoms. The molecular weight excluding hydrogens is 390 g/mol. The van der Waals surface area contributed by atoms with Gasteiger partial charge in [0, 0.05) is 30.0 Å². The Morgan fingerprint density at radius 1 is 1.23 bits per heavy atom. The lowest BCUT2D eigenvalue weighted by Gasteiger charge is -2.08. The van der Waals surface area contributed by atoms with E-state index in [-0.39, 0.29) is 28.4 Å². The second-order valence-corrected chi connectivity index (χ2v) is 7.73.